The van der Waals surface area contributed by atoms with Gasteiger partial charge in [-0.1, -0.05) is 28.9 Å². The van der Waals surface area contributed by atoms with E-state index in [1.165, 1.54) is 12.1 Å². The summed E-state index contributed by atoms with van der Waals surface area (Å²) >= 11 is 5.82. The molecule has 0 radical (unpaired) electrons. The van der Waals surface area contributed by atoms with E-state index in [-0.39, 0.29) is 17.2 Å². The maximum atomic E-state index is 13.7. The maximum absolute atomic E-state index is 13.7. The summed E-state index contributed by atoms with van der Waals surface area (Å²) in [5, 5.41) is 13.7. The van der Waals surface area contributed by atoms with Crippen LogP contribution in [0.5, 0.6) is 5.75 Å². The molecule has 0 fully saturated rings. The van der Waals surface area contributed by atoms with E-state index in [0.29, 0.717) is 17.3 Å². The van der Waals surface area contributed by atoms with Gasteiger partial charge in [-0.3, -0.25) is 0 Å². The van der Waals surface area contributed by atoms with Gasteiger partial charge in [-0.2, -0.15) is 4.98 Å². The summed E-state index contributed by atoms with van der Waals surface area (Å²) in [5.74, 6) is -0.245. The highest BCUT2D eigenvalue weighted by atomic mass is 35.5. The number of hydrogen-bond acceptors (Lipinski definition) is 4. The van der Waals surface area contributed by atoms with Crippen molar-refractivity contribution in [3.05, 3.63) is 64.7 Å². The van der Waals surface area contributed by atoms with E-state index in [1.54, 1.807) is 12.1 Å². The number of hydrogen-bond donors (Lipinski definition) is 1. The number of rotatable bonds is 3. The van der Waals surface area contributed by atoms with Gasteiger partial charge in [0.25, 0.3) is 5.89 Å². The van der Waals surface area contributed by atoms with E-state index < -0.39 is 5.82 Å². The first-order valence-electron chi connectivity index (χ1n) is 6.18. The van der Waals surface area contributed by atoms with Crippen molar-refractivity contribution in [2.24, 2.45) is 0 Å². The minimum absolute atomic E-state index is 0.0801. The van der Waals surface area contributed by atoms with Crippen molar-refractivity contribution in [3.8, 4) is 17.2 Å². The SMILES string of the molecule is Oc1ccc(-c2nc(Cc3ccc(Cl)cc3)no2)c(F)c1. The van der Waals surface area contributed by atoms with Crippen molar-refractivity contribution in [3.63, 3.8) is 0 Å². The highest BCUT2D eigenvalue weighted by Crippen LogP contribution is 2.24. The number of phenols is 1. The van der Waals surface area contributed by atoms with Crippen LogP contribution in [0.2, 0.25) is 5.02 Å². The molecule has 0 saturated carbocycles. The van der Waals surface area contributed by atoms with E-state index in [4.69, 9.17) is 16.1 Å². The van der Waals surface area contributed by atoms with Crippen LogP contribution in [0.1, 0.15) is 11.4 Å². The van der Waals surface area contributed by atoms with Gasteiger partial charge in [-0.15, -0.1) is 0 Å². The predicted octanol–water partition coefficient (Wildman–Crippen LogP) is 3.83. The lowest BCUT2D eigenvalue weighted by atomic mass is 10.1. The Morgan fingerprint density at radius 1 is 1.14 bits per heavy atom. The van der Waals surface area contributed by atoms with Gasteiger partial charge in [0, 0.05) is 17.5 Å². The van der Waals surface area contributed by atoms with Crippen molar-refractivity contribution < 1.29 is 14.0 Å². The lowest BCUT2D eigenvalue weighted by molar-refractivity contribution is 0.421. The summed E-state index contributed by atoms with van der Waals surface area (Å²) in [7, 11) is 0. The summed E-state index contributed by atoms with van der Waals surface area (Å²) in [4.78, 5) is 4.16. The largest absolute Gasteiger partial charge is 0.508 e. The fourth-order valence-corrected chi connectivity index (χ4v) is 2.02. The second kappa shape index (κ2) is 5.54. The Hall–Kier alpha value is -2.40. The number of aromatic hydroxyl groups is 1. The lowest BCUT2D eigenvalue weighted by Gasteiger charge is -1.97. The molecule has 0 spiro atoms. The Morgan fingerprint density at radius 2 is 1.90 bits per heavy atom. The molecule has 1 aromatic heterocycles. The van der Waals surface area contributed by atoms with Gasteiger partial charge in [0.15, 0.2) is 5.82 Å². The van der Waals surface area contributed by atoms with Crippen LogP contribution in [-0.2, 0) is 6.42 Å². The quantitative estimate of drug-likeness (QED) is 0.799. The highest BCUT2D eigenvalue weighted by molar-refractivity contribution is 6.30. The van der Waals surface area contributed by atoms with E-state index in [9.17, 15) is 9.50 Å². The van der Waals surface area contributed by atoms with Gasteiger partial charge < -0.3 is 9.63 Å². The Labute approximate surface area is 124 Å². The van der Waals surface area contributed by atoms with Gasteiger partial charge in [0.1, 0.15) is 11.6 Å². The zero-order chi connectivity index (χ0) is 14.8. The van der Waals surface area contributed by atoms with Crippen LogP contribution in [-0.4, -0.2) is 15.2 Å². The number of benzene rings is 2. The van der Waals surface area contributed by atoms with Gasteiger partial charge in [-0.25, -0.2) is 4.39 Å². The van der Waals surface area contributed by atoms with Gasteiger partial charge in [-0.05, 0) is 29.8 Å². The van der Waals surface area contributed by atoms with Crippen molar-refractivity contribution in [1.29, 1.82) is 0 Å². The van der Waals surface area contributed by atoms with E-state index in [2.05, 4.69) is 10.1 Å². The topological polar surface area (TPSA) is 59.2 Å². The van der Waals surface area contributed by atoms with E-state index in [1.807, 2.05) is 12.1 Å². The van der Waals surface area contributed by atoms with Crippen molar-refractivity contribution in [2.75, 3.05) is 0 Å². The summed E-state index contributed by atoms with van der Waals surface area (Å²) < 4.78 is 18.8. The van der Waals surface area contributed by atoms with Crippen LogP contribution in [0.25, 0.3) is 11.5 Å². The Morgan fingerprint density at radius 3 is 2.62 bits per heavy atom. The molecule has 106 valence electrons. The maximum Gasteiger partial charge on any atom is 0.260 e. The molecular weight excluding hydrogens is 295 g/mol. The van der Waals surface area contributed by atoms with Gasteiger partial charge in [0.05, 0.1) is 5.56 Å². The van der Waals surface area contributed by atoms with Crippen molar-refractivity contribution in [1.82, 2.24) is 10.1 Å². The summed E-state index contributed by atoms with van der Waals surface area (Å²) in [6.45, 7) is 0. The molecule has 0 aliphatic rings. The van der Waals surface area contributed by atoms with Crippen LogP contribution in [0.4, 0.5) is 4.39 Å². The number of aromatic nitrogens is 2. The molecule has 4 nitrogen and oxygen atoms in total. The molecule has 0 saturated heterocycles. The first-order chi connectivity index (χ1) is 10.1. The van der Waals surface area contributed by atoms with Crippen LogP contribution in [0.15, 0.2) is 47.0 Å². The molecule has 2 aromatic carbocycles. The molecule has 21 heavy (non-hydrogen) atoms. The third-order valence-corrected chi connectivity index (χ3v) is 3.18. The van der Waals surface area contributed by atoms with Crippen molar-refractivity contribution >= 4 is 11.6 Å². The zero-order valence-electron chi connectivity index (χ0n) is 10.8. The Bertz CT molecular complexity index is 772. The third kappa shape index (κ3) is 3.03. The highest BCUT2D eigenvalue weighted by Gasteiger charge is 2.14. The molecule has 3 rings (SSSR count). The first kappa shape index (κ1) is 13.6. The summed E-state index contributed by atoms with van der Waals surface area (Å²) in [5.41, 5.74) is 1.13. The minimum Gasteiger partial charge on any atom is -0.508 e. The molecule has 6 heteroatoms. The smallest absolute Gasteiger partial charge is 0.260 e. The predicted molar refractivity (Wildman–Crippen MR) is 75.6 cm³/mol. The molecule has 0 amide bonds. The van der Waals surface area contributed by atoms with Crippen LogP contribution in [0, 0.1) is 5.82 Å². The van der Waals surface area contributed by atoms with Gasteiger partial charge >= 0.3 is 0 Å². The second-order valence-corrected chi connectivity index (χ2v) is 4.92. The van der Waals surface area contributed by atoms with Crippen LogP contribution >= 0.6 is 11.6 Å². The molecule has 3 aromatic rings. The third-order valence-electron chi connectivity index (χ3n) is 2.93. The van der Waals surface area contributed by atoms with E-state index in [0.717, 1.165) is 11.6 Å². The lowest BCUT2D eigenvalue weighted by Crippen LogP contribution is -1.91. The normalized spacial score (nSPS) is 10.8. The first-order valence-corrected chi connectivity index (χ1v) is 6.55. The summed E-state index contributed by atoms with van der Waals surface area (Å²) in [6.07, 6.45) is 0.459. The molecule has 1 heterocycles. The second-order valence-electron chi connectivity index (χ2n) is 4.48. The fraction of sp³-hybridized carbons (Fsp3) is 0.0667. The number of nitrogens with zero attached hydrogens (tertiary/aromatic N) is 2. The number of phenolic OH excluding ortho intramolecular Hbond substituents is 1. The standard InChI is InChI=1S/C15H10ClFN2O2/c16-10-3-1-9(2-4-10)7-14-18-15(21-19-14)12-6-5-11(20)8-13(12)17/h1-6,8,20H,7H2. The monoisotopic (exact) mass is 304 g/mol. The zero-order valence-corrected chi connectivity index (χ0v) is 11.5. The van der Waals surface area contributed by atoms with Crippen LogP contribution < -0.4 is 0 Å². The molecular formula is C15H10ClFN2O2. The van der Waals surface area contributed by atoms with Crippen LogP contribution in [0.3, 0.4) is 0 Å². The number of halogens is 2. The van der Waals surface area contributed by atoms with Crippen molar-refractivity contribution in [2.45, 2.75) is 6.42 Å². The molecule has 1 N–H and O–H groups in total. The minimum atomic E-state index is -0.614. The summed E-state index contributed by atoms with van der Waals surface area (Å²) in [6, 6.07) is 11.0. The molecule has 0 bridgehead atoms. The average Bonchev–Trinajstić information content (AvgIpc) is 2.90. The Kier molecular flexibility index (Phi) is 3.58. The Balaban J connectivity index is 1.84. The molecule has 0 atom stereocenters. The molecule has 0 aliphatic heterocycles. The average molecular weight is 305 g/mol. The van der Waals surface area contributed by atoms with E-state index >= 15 is 0 Å². The molecule has 0 aliphatic carbocycles. The van der Waals surface area contributed by atoms with Gasteiger partial charge in [0.2, 0.25) is 0 Å². The fourth-order valence-electron chi connectivity index (χ4n) is 1.90. The molecule has 0 unspecified atom stereocenters.